The minimum Gasteiger partial charge on any atom is -0.388 e. The maximum Gasteiger partial charge on any atom is 0.184 e. The minimum absolute atomic E-state index is 0.0849. The van der Waals surface area contributed by atoms with Gasteiger partial charge in [0.2, 0.25) is 0 Å². The van der Waals surface area contributed by atoms with Gasteiger partial charge >= 0.3 is 0 Å². The van der Waals surface area contributed by atoms with Crippen molar-refractivity contribution in [3.8, 4) is 0 Å². The third-order valence-electron chi connectivity index (χ3n) is 2.22. The first-order valence-electron chi connectivity index (χ1n) is 5.15. The number of amidine groups is 1. The molecule has 2 rings (SSSR count). The smallest absolute Gasteiger partial charge is 0.184 e. The van der Waals surface area contributed by atoms with Crippen LogP contribution in [0.15, 0.2) is 41.8 Å². The molecule has 0 aliphatic carbocycles. The van der Waals surface area contributed by atoms with E-state index in [2.05, 4.69) is 15.2 Å². The number of benzene rings is 1. The highest BCUT2D eigenvalue weighted by atomic mass is 32.2. The summed E-state index contributed by atoms with van der Waals surface area (Å²) in [5, 5.41) is 14.8. The van der Waals surface area contributed by atoms with Crippen molar-refractivity contribution < 1.29 is 0 Å². The SMILES string of the molecule is N=C(N)CC(Sc1ncn[nH]1)c1ccccc1. The van der Waals surface area contributed by atoms with Crippen molar-refractivity contribution in [1.82, 2.24) is 15.2 Å². The Morgan fingerprint density at radius 1 is 1.41 bits per heavy atom. The first-order valence-corrected chi connectivity index (χ1v) is 6.03. The second-order valence-corrected chi connectivity index (χ2v) is 4.73. The molecular weight excluding hydrogens is 234 g/mol. The Hall–Kier alpha value is -1.82. The average Bonchev–Trinajstić information content (AvgIpc) is 2.82. The van der Waals surface area contributed by atoms with Crippen molar-refractivity contribution in [1.29, 1.82) is 5.41 Å². The predicted molar refractivity (Wildman–Crippen MR) is 68.0 cm³/mol. The van der Waals surface area contributed by atoms with Gasteiger partial charge in [-0.3, -0.25) is 10.5 Å². The Kier molecular flexibility index (Phi) is 3.77. The number of rotatable bonds is 5. The highest BCUT2D eigenvalue weighted by Crippen LogP contribution is 2.35. The molecule has 1 unspecified atom stereocenters. The van der Waals surface area contributed by atoms with E-state index in [1.165, 1.54) is 18.1 Å². The van der Waals surface area contributed by atoms with Crippen molar-refractivity contribution in [3.63, 3.8) is 0 Å². The topological polar surface area (TPSA) is 91.4 Å². The van der Waals surface area contributed by atoms with Crippen molar-refractivity contribution in [3.05, 3.63) is 42.2 Å². The summed E-state index contributed by atoms with van der Waals surface area (Å²) in [6, 6.07) is 9.97. The molecule has 0 radical (unpaired) electrons. The number of aromatic amines is 1. The molecule has 0 saturated carbocycles. The van der Waals surface area contributed by atoms with Crippen LogP contribution in [0.4, 0.5) is 0 Å². The predicted octanol–water partition coefficient (Wildman–Crippen LogP) is 1.96. The third-order valence-corrected chi connectivity index (χ3v) is 3.37. The van der Waals surface area contributed by atoms with Gasteiger partial charge in [0.15, 0.2) is 5.16 Å². The summed E-state index contributed by atoms with van der Waals surface area (Å²) < 4.78 is 0. The van der Waals surface area contributed by atoms with Gasteiger partial charge in [-0.05, 0) is 5.56 Å². The van der Waals surface area contributed by atoms with Crippen molar-refractivity contribution >= 4 is 17.6 Å². The molecule has 0 bridgehead atoms. The highest BCUT2D eigenvalue weighted by molar-refractivity contribution is 7.99. The molecule has 1 atom stereocenters. The number of H-pyrrole nitrogens is 1. The second kappa shape index (κ2) is 5.49. The summed E-state index contributed by atoms with van der Waals surface area (Å²) in [4.78, 5) is 4.07. The van der Waals surface area contributed by atoms with Crippen LogP contribution in [0, 0.1) is 5.41 Å². The molecule has 0 aliphatic rings. The van der Waals surface area contributed by atoms with Gasteiger partial charge in [0.1, 0.15) is 6.33 Å². The average molecular weight is 247 g/mol. The van der Waals surface area contributed by atoms with Crippen LogP contribution in [0.2, 0.25) is 0 Å². The molecule has 2 aromatic rings. The molecular formula is C11H13N5S. The molecule has 1 aromatic heterocycles. The van der Waals surface area contributed by atoms with Crippen molar-refractivity contribution in [2.24, 2.45) is 5.73 Å². The third kappa shape index (κ3) is 3.32. The number of nitrogens with two attached hydrogens (primary N) is 1. The summed E-state index contributed by atoms with van der Waals surface area (Å²) >= 11 is 1.53. The summed E-state index contributed by atoms with van der Waals surface area (Å²) in [7, 11) is 0. The molecule has 0 aliphatic heterocycles. The van der Waals surface area contributed by atoms with E-state index < -0.39 is 0 Å². The van der Waals surface area contributed by atoms with Gasteiger partial charge < -0.3 is 5.73 Å². The van der Waals surface area contributed by atoms with Crippen LogP contribution < -0.4 is 5.73 Å². The maximum absolute atomic E-state index is 7.42. The van der Waals surface area contributed by atoms with Crippen LogP contribution >= 0.6 is 11.8 Å². The Balaban J connectivity index is 2.16. The Labute approximate surface area is 103 Å². The van der Waals surface area contributed by atoms with E-state index in [4.69, 9.17) is 11.1 Å². The molecule has 6 heteroatoms. The molecule has 0 fully saturated rings. The number of nitrogens with zero attached hydrogens (tertiary/aromatic N) is 2. The van der Waals surface area contributed by atoms with E-state index >= 15 is 0 Å². The summed E-state index contributed by atoms with van der Waals surface area (Å²) in [6.45, 7) is 0. The normalized spacial score (nSPS) is 12.2. The summed E-state index contributed by atoms with van der Waals surface area (Å²) in [6.07, 6.45) is 1.97. The van der Waals surface area contributed by atoms with Gasteiger partial charge in [0, 0.05) is 11.7 Å². The zero-order valence-corrected chi connectivity index (χ0v) is 9.95. The van der Waals surface area contributed by atoms with Gasteiger partial charge in [-0.15, -0.1) is 0 Å². The maximum atomic E-state index is 7.42. The Morgan fingerprint density at radius 3 is 2.76 bits per heavy atom. The van der Waals surface area contributed by atoms with E-state index in [0.717, 1.165) is 10.7 Å². The largest absolute Gasteiger partial charge is 0.388 e. The first kappa shape index (κ1) is 11.7. The fourth-order valence-electron chi connectivity index (χ4n) is 1.48. The van der Waals surface area contributed by atoms with Gasteiger partial charge in [0.25, 0.3) is 0 Å². The van der Waals surface area contributed by atoms with Crippen LogP contribution in [-0.4, -0.2) is 21.0 Å². The zero-order valence-electron chi connectivity index (χ0n) is 9.13. The number of aromatic nitrogens is 3. The fourth-order valence-corrected chi connectivity index (χ4v) is 2.52. The molecule has 17 heavy (non-hydrogen) atoms. The van der Waals surface area contributed by atoms with Gasteiger partial charge in [0.05, 0.1) is 5.84 Å². The fraction of sp³-hybridized carbons (Fsp3) is 0.182. The molecule has 1 aromatic carbocycles. The standard InChI is InChI=1S/C11H13N5S/c12-10(13)6-9(8-4-2-1-3-5-8)17-11-14-7-15-16-11/h1-5,7,9H,6H2,(H3,12,13)(H,14,15,16). The number of hydrogen-bond acceptors (Lipinski definition) is 4. The number of nitrogens with one attached hydrogen (secondary N) is 2. The summed E-state index contributed by atoms with van der Waals surface area (Å²) in [5.74, 6) is 0.172. The van der Waals surface area contributed by atoms with E-state index in [0.29, 0.717) is 6.42 Å². The van der Waals surface area contributed by atoms with E-state index in [9.17, 15) is 0 Å². The van der Waals surface area contributed by atoms with Crippen LogP contribution in [-0.2, 0) is 0 Å². The molecule has 88 valence electrons. The molecule has 4 N–H and O–H groups in total. The Morgan fingerprint density at radius 2 is 2.18 bits per heavy atom. The lowest BCUT2D eigenvalue weighted by molar-refractivity contribution is 0.936. The highest BCUT2D eigenvalue weighted by Gasteiger charge is 2.15. The van der Waals surface area contributed by atoms with Crippen LogP contribution in [0.3, 0.4) is 0 Å². The molecule has 0 spiro atoms. The van der Waals surface area contributed by atoms with Crippen molar-refractivity contribution in [2.45, 2.75) is 16.8 Å². The number of thioether (sulfide) groups is 1. The lowest BCUT2D eigenvalue weighted by Crippen LogP contribution is -2.13. The Bertz CT molecular complexity index is 468. The molecule has 0 amide bonds. The quantitative estimate of drug-likeness (QED) is 0.428. The molecule has 1 heterocycles. The lowest BCUT2D eigenvalue weighted by atomic mass is 10.1. The van der Waals surface area contributed by atoms with Crippen LogP contribution in [0.1, 0.15) is 17.2 Å². The molecule has 5 nitrogen and oxygen atoms in total. The first-order chi connectivity index (χ1) is 8.25. The van der Waals surface area contributed by atoms with Crippen LogP contribution in [0.25, 0.3) is 0 Å². The van der Waals surface area contributed by atoms with Crippen LogP contribution in [0.5, 0.6) is 0 Å². The van der Waals surface area contributed by atoms with E-state index in [1.807, 2.05) is 30.3 Å². The minimum atomic E-state index is 0.0849. The van der Waals surface area contributed by atoms with Crippen molar-refractivity contribution in [2.75, 3.05) is 0 Å². The molecule has 0 saturated heterocycles. The summed E-state index contributed by atoms with van der Waals surface area (Å²) in [5.41, 5.74) is 6.61. The van der Waals surface area contributed by atoms with Gasteiger partial charge in [-0.2, -0.15) is 5.10 Å². The number of hydrogen-bond donors (Lipinski definition) is 3. The zero-order chi connectivity index (χ0) is 12.1. The van der Waals surface area contributed by atoms with Gasteiger partial charge in [-0.1, -0.05) is 42.1 Å². The van der Waals surface area contributed by atoms with Gasteiger partial charge in [-0.25, -0.2) is 4.98 Å². The van der Waals surface area contributed by atoms with E-state index in [1.54, 1.807) is 0 Å². The lowest BCUT2D eigenvalue weighted by Gasteiger charge is -2.14. The second-order valence-electron chi connectivity index (χ2n) is 3.54. The van der Waals surface area contributed by atoms with E-state index in [-0.39, 0.29) is 11.1 Å². The monoisotopic (exact) mass is 247 g/mol.